The molecule has 0 radical (unpaired) electrons. The standard InChI is InChI=1S/C57H66B2N2O/c1-33(2)40-17-15-18-41(34(3)4)51(40)58-44-25-23-39-24-26-45-54-50(39)53(44)60(48-27-21-37(29-46(48)58)31-56(9,10)11)55(62)61(54)49-28-22-38(32-57(12,13)14)30-47(49)59(45)52-42(35(5)6)19-16-20-43(52)36(7)8/h15-30,33-36H,31-32H2,1-14H3/i23D,24D,25D,26D,31D2,32D2,33D,34D,35D,36D. The Kier molecular flexibility index (Phi) is 7.32. The second-order valence-corrected chi connectivity index (χ2v) is 20.4. The Hall–Kier alpha value is -5.02. The maximum absolute atomic E-state index is 16.5. The zero-order valence-corrected chi connectivity index (χ0v) is 38.9. The van der Waals surface area contributed by atoms with Gasteiger partial charge in [0.15, 0.2) is 0 Å². The molecule has 6 aromatic rings. The van der Waals surface area contributed by atoms with Gasteiger partial charge in [-0.05, 0) is 120 Å². The van der Waals surface area contributed by atoms with Crippen molar-refractivity contribution in [2.75, 3.05) is 9.80 Å². The third-order valence-corrected chi connectivity index (χ3v) is 12.4. The summed E-state index contributed by atoms with van der Waals surface area (Å²) in [5.74, 6) is -5.14. The van der Waals surface area contributed by atoms with Gasteiger partial charge in [-0.1, -0.05) is 193 Å². The van der Waals surface area contributed by atoms with Crippen molar-refractivity contribution < 1.29 is 21.2 Å². The van der Waals surface area contributed by atoms with E-state index in [9.17, 15) is 16.4 Å². The summed E-state index contributed by atoms with van der Waals surface area (Å²) in [7, 11) is 0. The number of hydrogen-bond acceptors (Lipinski definition) is 1. The van der Waals surface area contributed by atoms with Gasteiger partial charge in [-0.25, -0.2) is 4.79 Å². The first-order valence-electron chi connectivity index (χ1n) is 28.0. The van der Waals surface area contributed by atoms with Crippen molar-refractivity contribution in [3.63, 3.8) is 0 Å². The molecule has 3 aliphatic heterocycles. The molecule has 3 aliphatic rings. The third-order valence-electron chi connectivity index (χ3n) is 12.4. The van der Waals surface area contributed by atoms with Gasteiger partial charge in [-0.15, -0.1) is 0 Å². The first kappa shape index (κ1) is 30.1. The van der Waals surface area contributed by atoms with Crippen molar-refractivity contribution in [1.82, 2.24) is 0 Å². The van der Waals surface area contributed by atoms with E-state index in [0.717, 1.165) is 0 Å². The van der Waals surface area contributed by atoms with E-state index < -0.39 is 66.6 Å². The lowest BCUT2D eigenvalue weighted by atomic mass is 9.32. The molecule has 0 N–H and O–H groups in total. The quantitative estimate of drug-likeness (QED) is 0.140. The Balaban J connectivity index is 1.56. The number of nitrogens with zero attached hydrogens (tertiary/aromatic N) is 2. The van der Waals surface area contributed by atoms with Gasteiger partial charge in [0, 0.05) is 27.7 Å². The molecular formula is C57H66B2N2O. The van der Waals surface area contributed by atoms with Crippen LogP contribution >= 0.6 is 0 Å². The van der Waals surface area contributed by atoms with E-state index in [1.165, 1.54) is 9.80 Å². The summed E-state index contributed by atoms with van der Waals surface area (Å²) >= 11 is 0. The van der Waals surface area contributed by atoms with Gasteiger partial charge >= 0.3 is 6.03 Å². The Labute approximate surface area is 390 Å². The summed E-state index contributed by atoms with van der Waals surface area (Å²) in [6, 6.07) is 19.2. The van der Waals surface area contributed by atoms with E-state index in [4.69, 9.17) is 0 Å². The third kappa shape index (κ3) is 6.85. The molecule has 0 aromatic heterocycles. The Bertz CT molecular complexity index is 3120. The molecule has 62 heavy (non-hydrogen) atoms. The van der Waals surface area contributed by atoms with Crippen molar-refractivity contribution in [3.8, 4) is 0 Å². The average molecular weight is 829 g/mol. The van der Waals surface area contributed by atoms with Crippen molar-refractivity contribution >= 4 is 85.8 Å². The van der Waals surface area contributed by atoms with Crippen LogP contribution < -0.4 is 42.6 Å². The molecule has 0 aliphatic carbocycles. The molecule has 0 atom stereocenters. The molecule has 5 heteroatoms. The minimum absolute atomic E-state index is 0.0314. The van der Waals surface area contributed by atoms with E-state index in [-0.39, 0.29) is 57.2 Å². The number of rotatable bonds is 8. The molecule has 6 aromatic carbocycles. The van der Waals surface area contributed by atoms with Gasteiger partial charge in [-0.2, -0.15) is 0 Å². The fourth-order valence-corrected chi connectivity index (χ4v) is 10.2. The molecule has 9 rings (SSSR count). The number of fused-ring (bicyclic) bond motifs is 4. The van der Waals surface area contributed by atoms with Gasteiger partial charge in [-0.3, -0.25) is 9.80 Å². The average Bonchev–Trinajstić information content (AvgIpc) is 3.27. The van der Waals surface area contributed by atoms with E-state index in [1.54, 1.807) is 133 Å². The van der Waals surface area contributed by atoms with E-state index >= 15 is 4.79 Å². The molecule has 3 heterocycles. The molecule has 0 spiro atoms. The van der Waals surface area contributed by atoms with Crippen LogP contribution in [0.25, 0.3) is 10.8 Å². The van der Waals surface area contributed by atoms with Crippen molar-refractivity contribution in [2.45, 2.75) is 133 Å². The van der Waals surface area contributed by atoms with E-state index in [0.29, 0.717) is 66.6 Å². The van der Waals surface area contributed by atoms with Crippen LogP contribution in [0, 0.1) is 10.8 Å². The molecule has 0 saturated carbocycles. The lowest BCUT2D eigenvalue weighted by Crippen LogP contribution is -2.65. The molecule has 2 amide bonds. The predicted octanol–water partition coefficient (Wildman–Crippen LogP) is 11.6. The molecule has 0 saturated heterocycles. The van der Waals surface area contributed by atoms with Crippen molar-refractivity contribution in [3.05, 3.63) is 130 Å². The number of carbonyl (C=O) groups excluding carboxylic acids is 1. The highest BCUT2D eigenvalue weighted by atomic mass is 16.2. The van der Waals surface area contributed by atoms with Crippen LogP contribution in [0.3, 0.4) is 0 Å². The largest absolute Gasteiger partial charge is 0.338 e. The summed E-state index contributed by atoms with van der Waals surface area (Å²) in [4.78, 5) is 19.5. The summed E-state index contributed by atoms with van der Waals surface area (Å²) in [6.07, 6.45) is -3.87. The van der Waals surface area contributed by atoms with Crippen LogP contribution in [0.1, 0.15) is 170 Å². The minimum Gasteiger partial charge on any atom is -0.263 e. The zero-order valence-electron chi connectivity index (χ0n) is 50.9. The lowest BCUT2D eigenvalue weighted by Gasteiger charge is -2.47. The fourth-order valence-electron chi connectivity index (χ4n) is 10.2. The summed E-state index contributed by atoms with van der Waals surface area (Å²) < 4.78 is 117. The highest BCUT2D eigenvalue weighted by Crippen LogP contribution is 2.48. The Morgan fingerprint density at radius 1 is 0.548 bits per heavy atom. The molecular weight excluding hydrogens is 750 g/mol. The lowest BCUT2D eigenvalue weighted by molar-refractivity contribution is 0.255. The number of benzene rings is 6. The normalized spacial score (nSPS) is 18.5. The molecule has 0 fully saturated rings. The smallest absolute Gasteiger partial charge is 0.263 e. The van der Waals surface area contributed by atoms with Crippen LogP contribution in [-0.4, -0.2) is 19.5 Å². The highest BCUT2D eigenvalue weighted by Gasteiger charge is 2.49. The maximum atomic E-state index is 16.5. The summed E-state index contributed by atoms with van der Waals surface area (Å²) in [5, 5.41) is 0.228. The minimum atomic E-state index is -1.93. The number of urea groups is 1. The molecule has 316 valence electrons. The topological polar surface area (TPSA) is 23.6 Å². The van der Waals surface area contributed by atoms with Gasteiger partial charge in [0.1, 0.15) is 0 Å². The Morgan fingerprint density at radius 3 is 1.23 bits per heavy atom. The second-order valence-electron chi connectivity index (χ2n) is 20.4. The number of carbonyl (C=O) groups is 1. The van der Waals surface area contributed by atoms with Crippen LogP contribution in [0.4, 0.5) is 27.5 Å². The van der Waals surface area contributed by atoms with Crippen LogP contribution in [0.15, 0.2) is 97.0 Å². The van der Waals surface area contributed by atoms with E-state index in [2.05, 4.69) is 0 Å². The van der Waals surface area contributed by atoms with E-state index in [1.807, 2.05) is 36.4 Å². The van der Waals surface area contributed by atoms with Gasteiger partial charge in [0.25, 0.3) is 0 Å². The highest BCUT2D eigenvalue weighted by molar-refractivity contribution is 7.00. The van der Waals surface area contributed by atoms with Gasteiger partial charge in [0.05, 0.1) is 16.9 Å². The number of amides is 2. The van der Waals surface area contributed by atoms with Crippen molar-refractivity contribution in [2.24, 2.45) is 10.8 Å². The monoisotopic (exact) mass is 829 g/mol. The SMILES string of the molecule is [2H]c1c2c3c4c5c(c([2H])c([2H])c4c1[2H])B(c1c(C([2H])(C)C)cccc1C([2H])(C)C)c1cc(C([2H])([2H])C(C)(C)C)ccc1N5C(=O)N3c1ccc(C([2H])([2H])C(C)(C)C)cc1B2c1c(C([2H])(C)C)cccc1C([2H])(C)C. The molecule has 3 nitrogen and oxygen atoms in total. The summed E-state index contributed by atoms with van der Waals surface area (Å²) in [6.45, 7) is 22.7. The summed E-state index contributed by atoms with van der Waals surface area (Å²) in [5.41, 5.74) is 4.34. The van der Waals surface area contributed by atoms with Crippen molar-refractivity contribution in [1.29, 1.82) is 0 Å². The Morgan fingerprint density at radius 2 is 0.903 bits per heavy atom. The van der Waals surface area contributed by atoms with Crippen LogP contribution in [0.5, 0.6) is 0 Å². The second kappa shape index (κ2) is 15.1. The van der Waals surface area contributed by atoms with Gasteiger partial charge in [0.2, 0.25) is 13.4 Å². The van der Waals surface area contributed by atoms with Crippen LogP contribution in [-0.2, 0) is 12.7 Å². The van der Waals surface area contributed by atoms with Crippen LogP contribution in [0.2, 0.25) is 0 Å². The van der Waals surface area contributed by atoms with Gasteiger partial charge < -0.3 is 0 Å². The first-order valence-corrected chi connectivity index (χ1v) is 22.0. The fraction of sp³-hybridized carbons (Fsp3) is 0.386. The molecule has 0 unspecified atom stereocenters. The predicted molar refractivity (Wildman–Crippen MR) is 271 cm³/mol. The number of hydrogen-bond donors (Lipinski definition) is 0. The maximum Gasteiger partial charge on any atom is 0.338 e. The first-order chi connectivity index (χ1) is 33.7. The zero-order chi connectivity index (χ0) is 55.1. The number of anilines is 4. The molecule has 0 bridgehead atoms.